The molecule has 108 valence electrons. The predicted octanol–water partition coefficient (Wildman–Crippen LogP) is 2.88. The molecular weight excluding hydrogens is 254 g/mol. The van der Waals surface area contributed by atoms with E-state index < -0.39 is 0 Å². The Labute approximate surface area is 119 Å². The van der Waals surface area contributed by atoms with E-state index in [1.54, 1.807) is 0 Å². The first-order valence-electron chi connectivity index (χ1n) is 6.98. The summed E-state index contributed by atoms with van der Waals surface area (Å²) < 4.78 is 11.0. The number of hydrogen-bond donors (Lipinski definition) is 1. The van der Waals surface area contributed by atoms with E-state index >= 15 is 0 Å². The van der Waals surface area contributed by atoms with Gasteiger partial charge in [0.15, 0.2) is 6.61 Å². The fraction of sp³-hybridized carbons (Fsp3) is 0.467. The monoisotopic (exact) mass is 275 g/mol. The van der Waals surface area contributed by atoms with Gasteiger partial charge in [-0.3, -0.25) is 0 Å². The Morgan fingerprint density at radius 3 is 2.40 bits per heavy atom. The highest BCUT2D eigenvalue weighted by molar-refractivity contribution is 5.29. The van der Waals surface area contributed by atoms with Crippen molar-refractivity contribution in [3.63, 3.8) is 0 Å². The molecule has 1 aromatic heterocycles. The van der Waals surface area contributed by atoms with Gasteiger partial charge >= 0.3 is 0 Å². The molecule has 0 aliphatic heterocycles. The third kappa shape index (κ3) is 3.57. The average molecular weight is 275 g/mol. The van der Waals surface area contributed by atoms with Crippen LogP contribution in [-0.4, -0.2) is 17.2 Å². The Kier molecular flexibility index (Phi) is 5.12. The lowest BCUT2D eigenvalue weighted by Gasteiger charge is -2.14. The van der Waals surface area contributed by atoms with E-state index in [2.05, 4.69) is 34.6 Å². The molecule has 0 aliphatic rings. The summed E-state index contributed by atoms with van der Waals surface area (Å²) in [5.41, 5.74) is 1.26. The summed E-state index contributed by atoms with van der Waals surface area (Å²) in [4.78, 5) is 0. The zero-order valence-electron chi connectivity index (χ0n) is 12.2. The molecule has 5 nitrogen and oxygen atoms in total. The summed E-state index contributed by atoms with van der Waals surface area (Å²) in [5.74, 6) is 1.95. The van der Waals surface area contributed by atoms with Crippen molar-refractivity contribution in [1.82, 2.24) is 15.5 Å². The van der Waals surface area contributed by atoms with Gasteiger partial charge in [0.05, 0.1) is 0 Å². The Morgan fingerprint density at radius 1 is 1.15 bits per heavy atom. The Hall–Kier alpha value is -1.88. The van der Waals surface area contributed by atoms with Crippen LogP contribution in [-0.2, 0) is 13.0 Å². The van der Waals surface area contributed by atoms with Gasteiger partial charge in [-0.15, -0.1) is 10.2 Å². The van der Waals surface area contributed by atoms with Gasteiger partial charge in [-0.05, 0) is 31.2 Å². The van der Waals surface area contributed by atoms with E-state index in [-0.39, 0.29) is 0 Å². The van der Waals surface area contributed by atoms with E-state index in [9.17, 15) is 0 Å². The topological polar surface area (TPSA) is 60.2 Å². The fourth-order valence-corrected chi connectivity index (χ4v) is 2.04. The molecule has 0 aliphatic carbocycles. The third-order valence-corrected chi connectivity index (χ3v) is 3.21. The SMILES string of the molecule is CCc1nnc(COc2ccc(C(CC)NC)cc2)o1. The van der Waals surface area contributed by atoms with Crippen LogP contribution in [0.3, 0.4) is 0 Å². The normalized spacial score (nSPS) is 12.3. The van der Waals surface area contributed by atoms with Gasteiger partial charge in [0, 0.05) is 12.5 Å². The van der Waals surface area contributed by atoms with Crippen LogP contribution in [0.5, 0.6) is 5.75 Å². The second-order valence-electron chi connectivity index (χ2n) is 4.55. The molecule has 20 heavy (non-hydrogen) atoms. The molecule has 2 aromatic rings. The lowest BCUT2D eigenvalue weighted by molar-refractivity contribution is 0.259. The molecule has 2 rings (SSSR count). The van der Waals surface area contributed by atoms with Gasteiger partial charge in [0.1, 0.15) is 5.75 Å². The third-order valence-electron chi connectivity index (χ3n) is 3.21. The fourth-order valence-electron chi connectivity index (χ4n) is 2.04. The van der Waals surface area contributed by atoms with Gasteiger partial charge in [0.25, 0.3) is 5.89 Å². The van der Waals surface area contributed by atoms with Crippen LogP contribution in [0, 0.1) is 0 Å². The van der Waals surface area contributed by atoms with E-state index in [1.807, 2.05) is 26.1 Å². The molecule has 5 heteroatoms. The minimum atomic E-state index is 0.301. The molecule has 1 heterocycles. The number of aryl methyl sites for hydroxylation is 1. The zero-order valence-corrected chi connectivity index (χ0v) is 12.2. The van der Waals surface area contributed by atoms with Crippen molar-refractivity contribution in [2.45, 2.75) is 39.3 Å². The van der Waals surface area contributed by atoms with Crippen molar-refractivity contribution in [2.75, 3.05) is 7.05 Å². The maximum atomic E-state index is 5.64. The van der Waals surface area contributed by atoms with Crippen LogP contribution >= 0.6 is 0 Å². The van der Waals surface area contributed by atoms with E-state index in [0.717, 1.165) is 18.6 Å². The first-order chi connectivity index (χ1) is 9.76. The number of aromatic nitrogens is 2. The molecule has 0 saturated carbocycles. The highest BCUT2D eigenvalue weighted by Gasteiger charge is 2.07. The summed E-state index contributed by atoms with van der Waals surface area (Å²) >= 11 is 0. The lowest BCUT2D eigenvalue weighted by atomic mass is 10.1. The molecule has 0 radical (unpaired) electrons. The molecule has 0 saturated heterocycles. The van der Waals surface area contributed by atoms with Crippen LogP contribution < -0.4 is 10.1 Å². The maximum absolute atomic E-state index is 5.64. The van der Waals surface area contributed by atoms with E-state index in [4.69, 9.17) is 9.15 Å². The van der Waals surface area contributed by atoms with Gasteiger partial charge in [-0.25, -0.2) is 0 Å². The number of nitrogens with zero attached hydrogens (tertiary/aromatic N) is 2. The summed E-state index contributed by atoms with van der Waals surface area (Å²) in [6.45, 7) is 4.44. The summed E-state index contributed by atoms with van der Waals surface area (Å²) in [5, 5.41) is 11.1. The van der Waals surface area contributed by atoms with Crippen molar-refractivity contribution in [3.8, 4) is 5.75 Å². The van der Waals surface area contributed by atoms with Gasteiger partial charge in [-0.1, -0.05) is 26.0 Å². The highest BCUT2D eigenvalue weighted by Crippen LogP contribution is 2.20. The smallest absolute Gasteiger partial charge is 0.253 e. The van der Waals surface area contributed by atoms with Gasteiger partial charge in [0.2, 0.25) is 5.89 Å². The lowest BCUT2D eigenvalue weighted by Crippen LogP contribution is -2.14. The van der Waals surface area contributed by atoms with E-state index in [1.165, 1.54) is 5.56 Å². The number of hydrogen-bond acceptors (Lipinski definition) is 5. The number of rotatable bonds is 7. The molecule has 1 atom stereocenters. The molecule has 0 fully saturated rings. The Bertz CT molecular complexity index is 518. The van der Waals surface area contributed by atoms with Crippen LogP contribution in [0.25, 0.3) is 0 Å². The molecule has 0 spiro atoms. The zero-order chi connectivity index (χ0) is 14.4. The van der Waals surface area contributed by atoms with Crippen molar-refractivity contribution < 1.29 is 9.15 Å². The van der Waals surface area contributed by atoms with Crippen LogP contribution in [0.2, 0.25) is 0 Å². The summed E-state index contributed by atoms with van der Waals surface area (Å²) in [6, 6.07) is 8.46. The molecule has 1 unspecified atom stereocenters. The molecule has 1 N–H and O–H groups in total. The quantitative estimate of drug-likeness (QED) is 0.842. The average Bonchev–Trinajstić information content (AvgIpc) is 2.96. The number of benzene rings is 1. The van der Waals surface area contributed by atoms with Crippen molar-refractivity contribution in [2.24, 2.45) is 0 Å². The first-order valence-corrected chi connectivity index (χ1v) is 6.98. The summed E-state index contributed by atoms with van der Waals surface area (Å²) in [7, 11) is 1.97. The predicted molar refractivity (Wildman–Crippen MR) is 76.5 cm³/mol. The highest BCUT2D eigenvalue weighted by atomic mass is 16.5. The molecule has 1 aromatic carbocycles. The second kappa shape index (κ2) is 7.05. The van der Waals surface area contributed by atoms with Gasteiger partial charge in [-0.2, -0.15) is 0 Å². The Morgan fingerprint density at radius 2 is 1.85 bits per heavy atom. The van der Waals surface area contributed by atoms with E-state index in [0.29, 0.717) is 24.4 Å². The van der Waals surface area contributed by atoms with Crippen LogP contribution in [0.4, 0.5) is 0 Å². The van der Waals surface area contributed by atoms with Crippen molar-refractivity contribution >= 4 is 0 Å². The minimum Gasteiger partial charge on any atom is -0.484 e. The molecule has 0 amide bonds. The number of nitrogens with one attached hydrogen (secondary N) is 1. The first kappa shape index (κ1) is 14.5. The summed E-state index contributed by atoms with van der Waals surface area (Å²) in [6.07, 6.45) is 1.79. The van der Waals surface area contributed by atoms with Crippen LogP contribution in [0.15, 0.2) is 28.7 Å². The van der Waals surface area contributed by atoms with Crippen LogP contribution in [0.1, 0.15) is 43.7 Å². The number of ether oxygens (including phenoxy) is 1. The minimum absolute atomic E-state index is 0.301. The van der Waals surface area contributed by atoms with Crippen molar-refractivity contribution in [1.29, 1.82) is 0 Å². The van der Waals surface area contributed by atoms with Crippen molar-refractivity contribution in [3.05, 3.63) is 41.6 Å². The Balaban J connectivity index is 1.93. The standard InChI is InChI=1S/C15H21N3O2/c1-4-13(16-3)11-6-8-12(9-7-11)19-10-15-18-17-14(5-2)20-15/h6-9,13,16H,4-5,10H2,1-3H3. The maximum Gasteiger partial charge on any atom is 0.253 e. The molecular formula is C15H21N3O2. The largest absolute Gasteiger partial charge is 0.484 e. The van der Waals surface area contributed by atoms with Gasteiger partial charge < -0.3 is 14.5 Å². The second-order valence-corrected chi connectivity index (χ2v) is 4.55. The molecule has 0 bridgehead atoms.